The highest BCUT2D eigenvalue weighted by Crippen LogP contribution is 2.32. The van der Waals surface area contributed by atoms with E-state index in [-0.39, 0.29) is 23.9 Å². The number of pyridine rings is 1. The van der Waals surface area contributed by atoms with Gasteiger partial charge in [-0.25, -0.2) is 19.9 Å². The molecule has 0 bridgehead atoms. The van der Waals surface area contributed by atoms with E-state index in [1.807, 2.05) is 0 Å². The SMILES string of the molecule is O=C(Nc1ccc(Cl)cn1)C1CCCN(c2nc(C(F)(F)F)nc3nc[nH]c23)C1. The molecule has 1 aliphatic rings. The molecule has 0 radical (unpaired) electrons. The number of carbonyl (C=O) groups is 1. The monoisotopic (exact) mass is 425 g/mol. The fourth-order valence-corrected chi connectivity index (χ4v) is 3.35. The van der Waals surface area contributed by atoms with E-state index in [4.69, 9.17) is 11.6 Å². The molecule has 152 valence electrons. The van der Waals surface area contributed by atoms with Crippen molar-refractivity contribution in [2.75, 3.05) is 23.3 Å². The first kappa shape index (κ1) is 19.4. The Hall–Kier alpha value is -2.95. The van der Waals surface area contributed by atoms with Crippen LogP contribution in [0.3, 0.4) is 0 Å². The van der Waals surface area contributed by atoms with E-state index in [1.54, 1.807) is 17.0 Å². The van der Waals surface area contributed by atoms with Gasteiger partial charge in [-0.15, -0.1) is 0 Å². The van der Waals surface area contributed by atoms with Crippen molar-refractivity contribution >= 4 is 40.3 Å². The van der Waals surface area contributed by atoms with Crippen molar-refractivity contribution in [3.05, 3.63) is 35.5 Å². The molecule has 1 atom stereocenters. The van der Waals surface area contributed by atoms with Gasteiger partial charge in [0.1, 0.15) is 11.3 Å². The molecule has 1 aliphatic heterocycles. The van der Waals surface area contributed by atoms with Crippen molar-refractivity contribution in [3.8, 4) is 0 Å². The van der Waals surface area contributed by atoms with Gasteiger partial charge >= 0.3 is 6.18 Å². The fraction of sp³-hybridized carbons (Fsp3) is 0.353. The van der Waals surface area contributed by atoms with Crippen molar-refractivity contribution in [3.63, 3.8) is 0 Å². The second kappa shape index (κ2) is 7.47. The van der Waals surface area contributed by atoms with E-state index in [1.165, 1.54) is 12.5 Å². The molecular weight excluding hydrogens is 411 g/mol. The van der Waals surface area contributed by atoms with Crippen molar-refractivity contribution in [2.45, 2.75) is 19.0 Å². The Morgan fingerprint density at radius 3 is 2.83 bits per heavy atom. The molecule has 0 aliphatic carbocycles. The third kappa shape index (κ3) is 4.09. The zero-order valence-electron chi connectivity index (χ0n) is 14.9. The maximum atomic E-state index is 13.2. The van der Waals surface area contributed by atoms with Crippen LogP contribution in [-0.4, -0.2) is 43.9 Å². The van der Waals surface area contributed by atoms with Crippen LogP contribution in [0.25, 0.3) is 11.2 Å². The highest BCUT2D eigenvalue weighted by atomic mass is 35.5. The summed E-state index contributed by atoms with van der Waals surface area (Å²) in [6, 6.07) is 3.18. The zero-order chi connectivity index (χ0) is 20.6. The van der Waals surface area contributed by atoms with Crippen LogP contribution in [0.4, 0.5) is 24.8 Å². The molecule has 1 fully saturated rings. The predicted molar refractivity (Wildman–Crippen MR) is 99.5 cm³/mol. The van der Waals surface area contributed by atoms with Gasteiger partial charge in [0.25, 0.3) is 0 Å². The number of imidazole rings is 1. The Bertz CT molecular complexity index is 1040. The minimum atomic E-state index is -4.70. The Labute approximate surface area is 167 Å². The first-order chi connectivity index (χ1) is 13.8. The summed E-state index contributed by atoms with van der Waals surface area (Å²) in [5.41, 5.74) is 0.234. The number of carbonyl (C=O) groups excluding carboxylic acids is 1. The van der Waals surface area contributed by atoms with Crippen LogP contribution in [0.5, 0.6) is 0 Å². The van der Waals surface area contributed by atoms with Gasteiger partial charge in [0.15, 0.2) is 11.5 Å². The van der Waals surface area contributed by atoms with E-state index >= 15 is 0 Å². The molecule has 0 saturated carbocycles. The Morgan fingerprint density at radius 2 is 2.10 bits per heavy atom. The number of H-pyrrole nitrogens is 1. The number of nitrogens with one attached hydrogen (secondary N) is 2. The van der Waals surface area contributed by atoms with E-state index in [2.05, 4.69) is 30.2 Å². The maximum absolute atomic E-state index is 13.2. The fourth-order valence-electron chi connectivity index (χ4n) is 3.24. The van der Waals surface area contributed by atoms with Crippen LogP contribution in [-0.2, 0) is 11.0 Å². The molecule has 8 nitrogen and oxygen atoms in total. The van der Waals surface area contributed by atoms with E-state index in [0.717, 1.165) is 0 Å². The molecule has 4 rings (SSSR count). The number of aromatic amines is 1. The molecule has 12 heteroatoms. The third-order valence-electron chi connectivity index (χ3n) is 4.59. The Morgan fingerprint density at radius 1 is 1.28 bits per heavy atom. The van der Waals surface area contributed by atoms with Crippen molar-refractivity contribution in [2.24, 2.45) is 5.92 Å². The largest absolute Gasteiger partial charge is 0.451 e. The number of hydrogen-bond donors (Lipinski definition) is 2. The summed E-state index contributed by atoms with van der Waals surface area (Å²) in [6.45, 7) is 0.674. The van der Waals surface area contributed by atoms with Crippen molar-refractivity contribution in [1.29, 1.82) is 0 Å². The van der Waals surface area contributed by atoms with Gasteiger partial charge in [0.2, 0.25) is 11.7 Å². The second-order valence-corrected chi connectivity index (χ2v) is 7.04. The number of nitrogens with zero attached hydrogens (tertiary/aromatic N) is 5. The number of aromatic nitrogens is 5. The van der Waals surface area contributed by atoms with Gasteiger partial charge in [0, 0.05) is 19.3 Å². The summed E-state index contributed by atoms with van der Waals surface area (Å²) in [6.07, 6.45) is -0.802. The minimum absolute atomic E-state index is 0.0701. The molecule has 0 aromatic carbocycles. The van der Waals surface area contributed by atoms with E-state index in [9.17, 15) is 18.0 Å². The zero-order valence-corrected chi connectivity index (χ0v) is 15.6. The smallest absolute Gasteiger partial charge is 0.354 e. The minimum Gasteiger partial charge on any atom is -0.354 e. The van der Waals surface area contributed by atoms with Crippen molar-refractivity contribution < 1.29 is 18.0 Å². The average molecular weight is 426 g/mol. The maximum Gasteiger partial charge on any atom is 0.451 e. The first-order valence-corrected chi connectivity index (χ1v) is 9.15. The molecule has 1 amide bonds. The van der Waals surface area contributed by atoms with Gasteiger partial charge in [-0.3, -0.25) is 4.79 Å². The number of rotatable bonds is 3. The molecule has 0 spiro atoms. The number of anilines is 2. The highest BCUT2D eigenvalue weighted by Gasteiger charge is 2.37. The second-order valence-electron chi connectivity index (χ2n) is 6.61. The summed E-state index contributed by atoms with van der Waals surface area (Å²) >= 11 is 5.78. The molecule has 2 N–H and O–H groups in total. The summed E-state index contributed by atoms with van der Waals surface area (Å²) in [5.74, 6) is -1.53. The number of amides is 1. The quantitative estimate of drug-likeness (QED) is 0.668. The van der Waals surface area contributed by atoms with E-state index in [0.29, 0.717) is 35.7 Å². The number of halogens is 4. The van der Waals surface area contributed by atoms with Gasteiger partial charge < -0.3 is 15.2 Å². The van der Waals surface area contributed by atoms with Crippen LogP contribution in [0.2, 0.25) is 5.02 Å². The topological polar surface area (TPSA) is 99.7 Å². The number of piperidine rings is 1. The molecule has 3 aromatic heterocycles. The Balaban J connectivity index is 1.57. The van der Waals surface area contributed by atoms with E-state index < -0.39 is 17.9 Å². The molecule has 1 unspecified atom stereocenters. The van der Waals surface area contributed by atoms with Crippen molar-refractivity contribution in [1.82, 2.24) is 24.9 Å². The molecule has 4 heterocycles. The third-order valence-corrected chi connectivity index (χ3v) is 4.81. The lowest BCUT2D eigenvalue weighted by molar-refractivity contribution is -0.144. The summed E-state index contributed by atoms with van der Waals surface area (Å²) in [7, 11) is 0. The number of fused-ring (bicyclic) bond motifs is 1. The van der Waals surface area contributed by atoms with Crippen LogP contribution >= 0.6 is 11.6 Å². The lowest BCUT2D eigenvalue weighted by Gasteiger charge is -2.33. The predicted octanol–water partition coefficient (Wildman–Crippen LogP) is 3.28. The highest BCUT2D eigenvalue weighted by molar-refractivity contribution is 6.30. The van der Waals surface area contributed by atoms with Crippen LogP contribution < -0.4 is 10.2 Å². The molecule has 29 heavy (non-hydrogen) atoms. The lowest BCUT2D eigenvalue weighted by atomic mass is 9.97. The van der Waals surface area contributed by atoms with Crippen LogP contribution in [0.1, 0.15) is 18.7 Å². The number of alkyl halides is 3. The van der Waals surface area contributed by atoms with Crippen LogP contribution in [0.15, 0.2) is 24.7 Å². The van der Waals surface area contributed by atoms with Gasteiger partial charge in [-0.05, 0) is 25.0 Å². The van der Waals surface area contributed by atoms with Gasteiger partial charge in [0.05, 0.1) is 17.3 Å². The summed E-state index contributed by atoms with van der Waals surface area (Å²) in [4.78, 5) is 32.1. The van der Waals surface area contributed by atoms with Gasteiger partial charge in [-0.1, -0.05) is 11.6 Å². The van der Waals surface area contributed by atoms with Crippen LogP contribution in [0, 0.1) is 5.92 Å². The average Bonchev–Trinajstić information content (AvgIpc) is 3.17. The van der Waals surface area contributed by atoms with Gasteiger partial charge in [-0.2, -0.15) is 13.2 Å². The Kier molecular flexibility index (Phi) is 4.99. The normalized spacial score (nSPS) is 17.5. The molecule has 1 saturated heterocycles. The lowest BCUT2D eigenvalue weighted by Crippen LogP contribution is -2.41. The summed E-state index contributed by atoms with van der Waals surface area (Å²) < 4.78 is 39.5. The number of hydrogen-bond acceptors (Lipinski definition) is 6. The molecule has 3 aromatic rings. The standard InChI is InChI=1S/C17H15ClF3N7O/c18-10-3-4-11(22-6-10)25-15(29)9-2-1-5-28(7-9)14-12-13(24-8-23-12)26-16(27-14)17(19,20)21/h3-4,6,8-9H,1-2,5,7H2,(H,22,25,29)(H,23,24,26,27). The summed E-state index contributed by atoms with van der Waals surface area (Å²) in [5, 5.41) is 3.15. The molecular formula is C17H15ClF3N7O. The first-order valence-electron chi connectivity index (χ1n) is 8.77.